The summed E-state index contributed by atoms with van der Waals surface area (Å²) in [7, 11) is 1.62. The first-order valence-corrected chi connectivity index (χ1v) is 10.9. The van der Waals surface area contributed by atoms with Gasteiger partial charge in [0.05, 0.1) is 6.54 Å². The maximum Gasteiger partial charge on any atom is 0.272 e. The molecule has 2 N–H and O–H groups in total. The van der Waals surface area contributed by atoms with Crippen molar-refractivity contribution in [1.82, 2.24) is 25.3 Å². The van der Waals surface area contributed by atoms with Crippen LogP contribution in [0.4, 0.5) is 0 Å². The van der Waals surface area contributed by atoms with E-state index in [2.05, 4.69) is 15.7 Å². The lowest BCUT2D eigenvalue weighted by molar-refractivity contribution is -0.133. The number of hydrogen-bond acceptors (Lipinski definition) is 4. The molecular formula is C22H26ClN5O3. The number of carbonyl (C=O) groups is 3. The van der Waals surface area contributed by atoms with Gasteiger partial charge in [0.25, 0.3) is 11.8 Å². The van der Waals surface area contributed by atoms with Crippen molar-refractivity contribution in [2.24, 2.45) is 0 Å². The zero-order chi connectivity index (χ0) is 22.2. The molecule has 2 aliphatic rings. The van der Waals surface area contributed by atoms with Gasteiger partial charge in [-0.3, -0.25) is 19.1 Å². The Morgan fingerprint density at radius 2 is 2.00 bits per heavy atom. The molecule has 1 atom stereocenters. The Morgan fingerprint density at radius 1 is 1.26 bits per heavy atom. The van der Waals surface area contributed by atoms with Crippen LogP contribution in [0.2, 0.25) is 5.02 Å². The summed E-state index contributed by atoms with van der Waals surface area (Å²) in [6.07, 6.45) is 4.13. The highest BCUT2D eigenvalue weighted by atomic mass is 35.5. The van der Waals surface area contributed by atoms with Crippen LogP contribution in [0.1, 0.15) is 59.1 Å². The van der Waals surface area contributed by atoms with Crippen molar-refractivity contribution in [3.05, 3.63) is 52.3 Å². The van der Waals surface area contributed by atoms with E-state index in [1.54, 1.807) is 26.1 Å². The molecule has 1 fully saturated rings. The molecule has 1 unspecified atom stereocenters. The number of benzene rings is 1. The van der Waals surface area contributed by atoms with E-state index < -0.39 is 11.4 Å². The summed E-state index contributed by atoms with van der Waals surface area (Å²) < 4.78 is 1.46. The minimum absolute atomic E-state index is 0.138. The fraction of sp³-hybridized carbons (Fsp3) is 0.455. The topological polar surface area (TPSA) is 96.3 Å². The van der Waals surface area contributed by atoms with Gasteiger partial charge in [-0.15, -0.1) is 0 Å². The molecule has 9 heteroatoms. The van der Waals surface area contributed by atoms with E-state index in [1.807, 2.05) is 12.1 Å². The summed E-state index contributed by atoms with van der Waals surface area (Å²) in [5, 5.41) is 10.8. The Balaban J connectivity index is 1.49. The van der Waals surface area contributed by atoms with Crippen molar-refractivity contribution in [3.8, 4) is 0 Å². The normalized spacial score (nSPS) is 21.1. The molecule has 2 aromatic rings. The Morgan fingerprint density at radius 3 is 2.71 bits per heavy atom. The molecule has 0 saturated heterocycles. The van der Waals surface area contributed by atoms with Gasteiger partial charge in [0.2, 0.25) is 5.91 Å². The summed E-state index contributed by atoms with van der Waals surface area (Å²) >= 11 is 5.98. The average molecular weight is 444 g/mol. The lowest BCUT2D eigenvalue weighted by Crippen LogP contribution is -2.63. The highest BCUT2D eigenvalue weighted by Gasteiger charge is 2.46. The number of halogens is 1. The molecular weight excluding hydrogens is 418 g/mol. The Bertz CT molecular complexity index is 1030. The number of carbonyl (C=O) groups excluding carboxylic acids is 3. The summed E-state index contributed by atoms with van der Waals surface area (Å²) in [5.74, 6) is -0.922. The number of amides is 3. The zero-order valence-corrected chi connectivity index (χ0v) is 18.4. The molecule has 31 heavy (non-hydrogen) atoms. The third-order valence-corrected chi connectivity index (χ3v) is 6.49. The molecule has 0 spiro atoms. The van der Waals surface area contributed by atoms with Crippen molar-refractivity contribution in [2.45, 2.75) is 57.3 Å². The van der Waals surface area contributed by atoms with Gasteiger partial charge in [0.15, 0.2) is 5.69 Å². The quantitative estimate of drug-likeness (QED) is 0.741. The van der Waals surface area contributed by atoms with Crippen molar-refractivity contribution >= 4 is 29.3 Å². The second-order valence-electron chi connectivity index (χ2n) is 8.48. The van der Waals surface area contributed by atoms with E-state index in [0.717, 1.165) is 31.2 Å². The van der Waals surface area contributed by atoms with E-state index in [1.165, 1.54) is 15.6 Å². The highest BCUT2D eigenvalue weighted by molar-refractivity contribution is 6.30. The molecule has 4 rings (SSSR count). The van der Waals surface area contributed by atoms with E-state index in [0.29, 0.717) is 10.7 Å². The largest absolute Gasteiger partial charge is 0.351 e. The minimum atomic E-state index is -1.08. The summed E-state index contributed by atoms with van der Waals surface area (Å²) in [6, 6.07) is 8.83. The molecule has 3 amide bonds. The maximum atomic E-state index is 13.0. The fourth-order valence-electron chi connectivity index (χ4n) is 4.17. The van der Waals surface area contributed by atoms with Gasteiger partial charge in [-0.2, -0.15) is 5.10 Å². The number of fused-ring (bicyclic) bond motifs is 1. The standard InChI is InChI=1S/C22H26ClN5O3/c1-22(21(31)25-16-8-3-4-9-16)13-28-18(20(30)27(22)2)11-17(26-28)19(29)24-12-14-6-5-7-15(23)10-14/h5-7,10-11,16H,3-4,8-9,12-13H2,1-2H3,(H,24,29)(H,25,31). The van der Waals surface area contributed by atoms with Gasteiger partial charge in [-0.25, -0.2) is 0 Å². The predicted molar refractivity (Wildman–Crippen MR) is 116 cm³/mol. The Kier molecular flexibility index (Phi) is 5.75. The number of aromatic nitrogens is 2. The van der Waals surface area contributed by atoms with E-state index in [-0.39, 0.29) is 36.6 Å². The number of likely N-dealkylation sites (N-methyl/N-ethyl adjacent to an activating group) is 1. The molecule has 1 aliphatic heterocycles. The molecule has 2 heterocycles. The first-order valence-electron chi connectivity index (χ1n) is 10.5. The lowest BCUT2D eigenvalue weighted by atomic mass is 9.95. The molecule has 8 nitrogen and oxygen atoms in total. The van der Waals surface area contributed by atoms with Crippen LogP contribution in [0.5, 0.6) is 0 Å². The van der Waals surface area contributed by atoms with E-state index in [9.17, 15) is 14.4 Å². The molecule has 0 radical (unpaired) electrons. The maximum absolute atomic E-state index is 13.0. The molecule has 1 aromatic heterocycles. The Hall–Kier alpha value is -2.87. The van der Waals surface area contributed by atoms with Crippen LogP contribution in [-0.2, 0) is 17.9 Å². The van der Waals surface area contributed by atoms with Gasteiger partial charge in [0, 0.05) is 30.7 Å². The smallest absolute Gasteiger partial charge is 0.272 e. The molecule has 164 valence electrons. The third kappa shape index (κ3) is 4.17. The van der Waals surface area contributed by atoms with Crippen LogP contribution in [0.25, 0.3) is 0 Å². The minimum Gasteiger partial charge on any atom is -0.351 e. The van der Waals surface area contributed by atoms with Gasteiger partial charge in [-0.1, -0.05) is 36.6 Å². The van der Waals surface area contributed by atoms with Gasteiger partial charge in [-0.05, 0) is 37.5 Å². The van der Waals surface area contributed by atoms with Gasteiger partial charge in [0.1, 0.15) is 11.2 Å². The number of rotatable bonds is 5. The van der Waals surface area contributed by atoms with Crippen LogP contribution in [-0.4, -0.2) is 51.0 Å². The van der Waals surface area contributed by atoms with Crippen molar-refractivity contribution in [3.63, 3.8) is 0 Å². The second-order valence-corrected chi connectivity index (χ2v) is 8.91. The van der Waals surface area contributed by atoms with Gasteiger partial charge < -0.3 is 15.5 Å². The number of hydrogen-bond donors (Lipinski definition) is 2. The SMILES string of the molecule is CN1C(=O)c2cc(C(=O)NCc3cccc(Cl)c3)nn2CC1(C)C(=O)NC1CCCC1. The zero-order valence-electron chi connectivity index (χ0n) is 17.7. The predicted octanol–water partition coefficient (Wildman–Crippen LogP) is 2.37. The van der Waals surface area contributed by atoms with Crippen molar-refractivity contribution in [1.29, 1.82) is 0 Å². The molecule has 0 bridgehead atoms. The highest BCUT2D eigenvalue weighted by Crippen LogP contribution is 2.27. The monoisotopic (exact) mass is 443 g/mol. The van der Waals surface area contributed by atoms with Crippen LogP contribution in [0, 0.1) is 0 Å². The first-order chi connectivity index (χ1) is 14.8. The third-order valence-electron chi connectivity index (χ3n) is 6.26. The molecule has 1 aliphatic carbocycles. The fourth-order valence-corrected chi connectivity index (χ4v) is 4.38. The number of nitrogens with one attached hydrogen (secondary N) is 2. The average Bonchev–Trinajstić information content (AvgIpc) is 3.40. The van der Waals surface area contributed by atoms with Crippen LogP contribution in [0.3, 0.4) is 0 Å². The second kappa shape index (κ2) is 8.34. The number of nitrogens with zero attached hydrogens (tertiary/aromatic N) is 3. The van der Waals surface area contributed by atoms with E-state index >= 15 is 0 Å². The molecule has 1 aromatic carbocycles. The van der Waals surface area contributed by atoms with Crippen LogP contribution in [0.15, 0.2) is 30.3 Å². The van der Waals surface area contributed by atoms with Crippen LogP contribution < -0.4 is 10.6 Å². The summed E-state index contributed by atoms with van der Waals surface area (Å²) in [6.45, 7) is 2.21. The summed E-state index contributed by atoms with van der Waals surface area (Å²) in [4.78, 5) is 40.1. The van der Waals surface area contributed by atoms with E-state index in [4.69, 9.17) is 11.6 Å². The van der Waals surface area contributed by atoms with Crippen LogP contribution >= 0.6 is 11.6 Å². The lowest BCUT2D eigenvalue weighted by Gasteiger charge is -2.41. The summed E-state index contributed by atoms with van der Waals surface area (Å²) in [5.41, 5.74) is 0.213. The molecule has 1 saturated carbocycles. The first kappa shape index (κ1) is 21.4. The van der Waals surface area contributed by atoms with Gasteiger partial charge >= 0.3 is 0 Å². The Labute approximate surface area is 185 Å². The van der Waals surface area contributed by atoms with Crippen molar-refractivity contribution in [2.75, 3.05) is 7.05 Å². The van der Waals surface area contributed by atoms with Crippen molar-refractivity contribution < 1.29 is 14.4 Å².